The number of halogens is 1. The molecule has 3 aromatic rings. The number of carbonyl (C=O) groups excluding carboxylic acids is 2. The lowest BCUT2D eigenvalue weighted by molar-refractivity contribution is 0.000551. The van der Waals surface area contributed by atoms with Gasteiger partial charge >= 0.3 is 6.09 Å². The number of hydrogen-bond acceptors (Lipinski definition) is 4. The number of anilines is 1. The second kappa shape index (κ2) is 11.4. The Kier molecular flexibility index (Phi) is 8.17. The SMILES string of the molecule is C[C@H]1CN(Cc2ccc(N(C)C(=O)c3ccc(-c4ccc(F)cc4)cc3)cc2)CCN1C(=O)OC(C)(C)C. The van der Waals surface area contributed by atoms with E-state index in [9.17, 15) is 14.0 Å². The highest BCUT2D eigenvalue weighted by Gasteiger charge is 2.30. The van der Waals surface area contributed by atoms with Crippen molar-refractivity contribution in [2.75, 3.05) is 31.6 Å². The van der Waals surface area contributed by atoms with Crippen molar-refractivity contribution in [1.29, 1.82) is 0 Å². The van der Waals surface area contributed by atoms with Crippen LogP contribution in [0, 0.1) is 5.82 Å². The van der Waals surface area contributed by atoms with Crippen LogP contribution in [-0.2, 0) is 11.3 Å². The Morgan fingerprint density at radius 3 is 2.05 bits per heavy atom. The van der Waals surface area contributed by atoms with Crippen LogP contribution < -0.4 is 4.90 Å². The number of carbonyl (C=O) groups is 2. The molecular weight excluding hydrogens is 481 g/mol. The molecule has 0 N–H and O–H groups in total. The molecule has 7 heteroatoms. The van der Waals surface area contributed by atoms with E-state index in [0.717, 1.165) is 42.0 Å². The minimum Gasteiger partial charge on any atom is -0.444 e. The van der Waals surface area contributed by atoms with Crippen LogP contribution in [0.5, 0.6) is 0 Å². The lowest BCUT2D eigenvalue weighted by Gasteiger charge is -2.40. The van der Waals surface area contributed by atoms with Crippen molar-refractivity contribution < 1.29 is 18.7 Å². The Morgan fingerprint density at radius 2 is 1.50 bits per heavy atom. The first-order valence-electron chi connectivity index (χ1n) is 12.9. The van der Waals surface area contributed by atoms with E-state index in [4.69, 9.17) is 4.74 Å². The zero-order valence-corrected chi connectivity index (χ0v) is 22.8. The predicted molar refractivity (Wildman–Crippen MR) is 149 cm³/mol. The molecule has 0 spiro atoms. The van der Waals surface area contributed by atoms with Crippen LogP contribution in [0.1, 0.15) is 43.6 Å². The maximum absolute atomic E-state index is 13.2. The molecule has 0 aromatic heterocycles. The summed E-state index contributed by atoms with van der Waals surface area (Å²) in [5.74, 6) is -0.376. The maximum Gasteiger partial charge on any atom is 0.410 e. The number of ether oxygens (including phenoxy) is 1. The standard InChI is InChI=1S/C31H36FN3O3/c1-22-20-34(18-19-35(22)30(37)38-31(2,3)4)21-23-6-16-28(17-7-23)33(5)29(36)26-10-8-24(9-11-26)25-12-14-27(32)15-13-25/h6-17,22H,18-21H2,1-5H3/t22-/m0/s1. The summed E-state index contributed by atoms with van der Waals surface area (Å²) < 4.78 is 18.7. The van der Waals surface area contributed by atoms with E-state index < -0.39 is 5.60 Å². The van der Waals surface area contributed by atoms with Crippen molar-refractivity contribution in [1.82, 2.24) is 9.80 Å². The fourth-order valence-corrected chi connectivity index (χ4v) is 4.61. The molecule has 0 unspecified atom stereocenters. The minimum absolute atomic E-state index is 0.0658. The van der Waals surface area contributed by atoms with Crippen LogP contribution in [0.25, 0.3) is 11.1 Å². The topological polar surface area (TPSA) is 53.1 Å². The normalized spacial score (nSPS) is 16.3. The van der Waals surface area contributed by atoms with E-state index in [2.05, 4.69) is 4.90 Å². The smallest absolute Gasteiger partial charge is 0.410 e. The van der Waals surface area contributed by atoms with Crippen molar-refractivity contribution in [3.05, 3.63) is 89.7 Å². The summed E-state index contributed by atoms with van der Waals surface area (Å²) in [4.78, 5) is 31.3. The highest BCUT2D eigenvalue weighted by molar-refractivity contribution is 6.05. The zero-order chi connectivity index (χ0) is 27.4. The summed E-state index contributed by atoms with van der Waals surface area (Å²) in [6.45, 7) is 10.6. The molecule has 200 valence electrons. The Bertz CT molecular complexity index is 1250. The van der Waals surface area contributed by atoms with Gasteiger partial charge in [0.05, 0.1) is 0 Å². The van der Waals surface area contributed by atoms with E-state index in [1.54, 1.807) is 41.1 Å². The molecule has 1 atom stereocenters. The van der Waals surface area contributed by atoms with Crippen molar-refractivity contribution in [3.8, 4) is 11.1 Å². The number of amides is 2. The van der Waals surface area contributed by atoms with Crippen molar-refractivity contribution in [2.45, 2.75) is 45.9 Å². The monoisotopic (exact) mass is 517 g/mol. The maximum atomic E-state index is 13.2. The molecule has 0 bridgehead atoms. The third-order valence-corrected chi connectivity index (χ3v) is 6.68. The largest absolute Gasteiger partial charge is 0.444 e. The lowest BCUT2D eigenvalue weighted by atomic mass is 10.0. The summed E-state index contributed by atoms with van der Waals surface area (Å²) in [6, 6.07) is 21.7. The molecule has 4 rings (SSSR count). The van der Waals surface area contributed by atoms with Crippen LogP contribution in [-0.4, -0.2) is 60.1 Å². The van der Waals surface area contributed by atoms with Crippen LogP contribution in [0.3, 0.4) is 0 Å². The highest BCUT2D eigenvalue weighted by atomic mass is 19.1. The van der Waals surface area contributed by atoms with Gasteiger partial charge in [-0.15, -0.1) is 0 Å². The summed E-state index contributed by atoms with van der Waals surface area (Å²) in [7, 11) is 1.77. The van der Waals surface area contributed by atoms with Crippen LogP contribution >= 0.6 is 0 Å². The molecule has 1 aliphatic rings. The number of rotatable bonds is 5. The molecule has 6 nitrogen and oxygen atoms in total. The van der Waals surface area contributed by atoms with Crippen LogP contribution in [0.4, 0.5) is 14.9 Å². The van der Waals surface area contributed by atoms with Crippen molar-refractivity contribution >= 4 is 17.7 Å². The molecule has 1 fully saturated rings. The van der Waals surface area contributed by atoms with Gasteiger partial charge in [-0.25, -0.2) is 9.18 Å². The van der Waals surface area contributed by atoms with Gasteiger partial charge in [-0.1, -0.05) is 36.4 Å². The Balaban J connectivity index is 1.33. The van der Waals surface area contributed by atoms with Gasteiger partial charge in [-0.2, -0.15) is 0 Å². The second-order valence-electron chi connectivity index (χ2n) is 10.9. The van der Waals surface area contributed by atoms with Gasteiger partial charge in [0.15, 0.2) is 0 Å². The summed E-state index contributed by atoms with van der Waals surface area (Å²) in [6.07, 6.45) is -0.258. The molecular formula is C31H36FN3O3. The van der Waals surface area contributed by atoms with Gasteiger partial charge in [-0.3, -0.25) is 9.69 Å². The van der Waals surface area contributed by atoms with Gasteiger partial charge in [0.25, 0.3) is 5.91 Å². The number of hydrogen-bond donors (Lipinski definition) is 0. The molecule has 3 aromatic carbocycles. The summed E-state index contributed by atoms with van der Waals surface area (Å²) in [5, 5.41) is 0. The molecule has 1 heterocycles. The first-order valence-corrected chi connectivity index (χ1v) is 12.9. The van der Waals surface area contributed by atoms with Crippen molar-refractivity contribution in [3.63, 3.8) is 0 Å². The van der Waals surface area contributed by atoms with E-state index in [1.165, 1.54) is 12.1 Å². The van der Waals surface area contributed by atoms with Crippen LogP contribution in [0.2, 0.25) is 0 Å². The molecule has 0 saturated carbocycles. The Labute approximate surface area is 224 Å². The number of benzene rings is 3. The molecule has 38 heavy (non-hydrogen) atoms. The van der Waals surface area contributed by atoms with Crippen molar-refractivity contribution in [2.24, 2.45) is 0 Å². The molecule has 0 aliphatic carbocycles. The predicted octanol–water partition coefficient (Wildman–Crippen LogP) is 6.21. The lowest BCUT2D eigenvalue weighted by Crippen LogP contribution is -2.54. The van der Waals surface area contributed by atoms with Gasteiger partial charge in [0, 0.05) is 50.5 Å². The van der Waals surface area contributed by atoms with Gasteiger partial charge in [0.1, 0.15) is 11.4 Å². The van der Waals surface area contributed by atoms with Gasteiger partial charge in [0.2, 0.25) is 0 Å². The average molecular weight is 518 g/mol. The van der Waals surface area contributed by atoms with E-state index >= 15 is 0 Å². The highest BCUT2D eigenvalue weighted by Crippen LogP contribution is 2.23. The molecule has 1 saturated heterocycles. The van der Waals surface area contributed by atoms with E-state index in [1.807, 2.05) is 64.1 Å². The van der Waals surface area contributed by atoms with Gasteiger partial charge < -0.3 is 14.5 Å². The molecule has 0 radical (unpaired) electrons. The fraction of sp³-hybridized carbons (Fsp3) is 0.355. The molecule has 2 amide bonds. The Hall–Kier alpha value is -3.71. The summed E-state index contributed by atoms with van der Waals surface area (Å²) in [5.41, 5.74) is 3.86. The van der Waals surface area contributed by atoms with E-state index in [0.29, 0.717) is 12.1 Å². The first kappa shape index (κ1) is 27.3. The molecule has 1 aliphatic heterocycles. The Morgan fingerprint density at radius 1 is 0.921 bits per heavy atom. The van der Waals surface area contributed by atoms with Crippen LogP contribution in [0.15, 0.2) is 72.8 Å². The number of piperazine rings is 1. The fourth-order valence-electron chi connectivity index (χ4n) is 4.61. The quantitative estimate of drug-likeness (QED) is 0.404. The second-order valence-corrected chi connectivity index (χ2v) is 10.9. The average Bonchev–Trinajstić information content (AvgIpc) is 2.88. The number of nitrogens with zero attached hydrogens (tertiary/aromatic N) is 3. The van der Waals surface area contributed by atoms with Gasteiger partial charge in [-0.05, 0) is 80.8 Å². The third kappa shape index (κ3) is 6.78. The third-order valence-electron chi connectivity index (χ3n) is 6.68. The zero-order valence-electron chi connectivity index (χ0n) is 22.8. The van der Waals surface area contributed by atoms with E-state index in [-0.39, 0.29) is 23.9 Å². The minimum atomic E-state index is -0.502. The summed E-state index contributed by atoms with van der Waals surface area (Å²) >= 11 is 0. The first-order chi connectivity index (χ1) is 18.0.